The van der Waals surface area contributed by atoms with Gasteiger partial charge in [-0.3, -0.25) is 14.3 Å². The fourth-order valence-electron chi connectivity index (χ4n) is 1.98. The number of hydrogen-bond donors (Lipinski definition) is 3. The second-order valence-corrected chi connectivity index (χ2v) is 4.45. The minimum atomic E-state index is -1.50. The van der Waals surface area contributed by atoms with Crippen molar-refractivity contribution in [3.63, 3.8) is 0 Å². The number of carbonyl (C=O) groups excluding carboxylic acids is 1. The van der Waals surface area contributed by atoms with Crippen LogP contribution in [0.2, 0.25) is 0 Å². The van der Waals surface area contributed by atoms with Gasteiger partial charge in [0.15, 0.2) is 5.69 Å². The first-order chi connectivity index (χ1) is 9.90. The third kappa shape index (κ3) is 2.99. The van der Waals surface area contributed by atoms with Gasteiger partial charge in [0.1, 0.15) is 6.04 Å². The SMILES string of the molecule is Cn1nc(C(=O)N[C@H](CC(=O)O)C(=O)O)c2ccccc21. The van der Waals surface area contributed by atoms with E-state index in [9.17, 15) is 14.4 Å². The molecule has 0 bridgehead atoms. The number of fused-ring (bicyclic) bond motifs is 1. The molecular formula is C13H13N3O5. The number of hydrogen-bond acceptors (Lipinski definition) is 4. The van der Waals surface area contributed by atoms with E-state index in [2.05, 4.69) is 10.4 Å². The Morgan fingerprint density at radius 2 is 1.95 bits per heavy atom. The number of nitrogens with zero attached hydrogens (tertiary/aromatic N) is 2. The highest BCUT2D eigenvalue weighted by molar-refractivity contribution is 6.06. The number of aliphatic carboxylic acids is 2. The fraction of sp³-hybridized carbons (Fsp3) is 0.231. The minimum absolute atomic E-state index is 0.0599. The summed E-state index contributed by atoms with van der Waals surface area (Å²) in [5.74, 6) is -3.44. The maximum absolute atomic E-state index is 12.1. The number of para-hydroxylation sites is 1. The van der Waals surface area contributed by atoms with Crippen LogP contribution in [-0.4, -0.2) is 43.9 Å². The molecule has 0 radical (unpaired) electrons. The van der Waals surface area contributed by atoms with Crippen LogP contribution in [0.5, 0.6) is 0 Å². The topological polar surface area (TPSA) is 122 Å². The van der Waals surface area contributed by atoms with E-state index in [1.165, 1.54) is 4.68 Å². The van der Waals surface area contributed by atoms with E-state index in [1.54, 1.807) is 31.3 Å². The Kier molecular flexibility index (Phi) is 3.88. The Morgan fingerprint density at radius 1 is 1.29 bits per heavy atom. The van der Waals surface area contributed by atoms with Gasteiger partial charge < -0.3 is 15.5 Å². The zero-order valence-corrected chi connectivity index (χ0v) is 11.1. The Labute approximate surface area is 119 Å². The molecule has 0 aliphatic heterocycles. The van der Waals surface area contributed by atoms with Crippen molar-refractivity contribution in [2.45, 2.75) is 12.5 Å². The smallest absolute Gasteiger partial charge is 0.326 e. The molecule has 21 heavy (non-hydrogen) atoms. The molecule has 2 aromatic rings. The van der Waals surface area contributed by atoms with Gasteiger partial charge in [-0.1, -0.05) is 18.2 Å². The zero-order valence-electron chi connectivity index (χ0n) is 11.1. The van der Waals surface area contributed by atoms with Crippen molar-refractivity contribution < 1.29 is 24.6 Å². The van der Waals surface area contributed by atoms with Crippen molar-refractivity contribution in [1.29, 1.82) is 0 Å². The van der Waals surface area contributed by atoms with E-state index in [0.29, 0.717) is 10.9 Å². The van der Waals surface area contributed by atoms with Crippen LogP contribution in [0.15, 0.2) is 24.3 Å². The van der Waals surface area contributed by atoms with Crippen molar-refractivity contribution in [2.24, 2.45) is 7.05 Å². The van der Waals surface area contributed by atoms with Gasteiger partial charge in [0, 0.05) is 12.4 Å². The van der Waals surface area contributed by atoms with Crippen LogP contribution in [0, 0.1) is 0 Å². The lowest BCUT2D eigenvalue weighted by molar-refractivity contribution is -0.145. The minimum Gasteiger partial charge on any atom is -0.481 e. The van der Waals surface area contributed by atoms with E-state index in [0.717, 1.165) is 0 Å². The molecule has 0 saturated carbocycles. The van der Waals surface area contributed by atoms with Gasteiger partial charge in [-0.25, -0.2) is 4.79 Å². The molecule has 8 heteroatoms. The molecule has 0 saturated heterocycles. The third-order valence-electron chi connectivity index (χ3n) is 2.96. The monoisotopic (exact) mass is 291 g/mol. The predicted octanol–water partition coefficient (Wildman–Crippen LogP) is 0.231. The molecule has 1 aromatic carbocycles. The average molecular weight is 291 g/mol. The molecule has 0 unspecified atom stereocenters. The van der Waals surface area contributed by atoms with Gasteiger partial charge in [0.05, 0.1) is 11.9 Å². The largest absolute Gasteiger partial charge is 0.481 e. The number of nitrogens with one attached hydrogen (secondary N) is 1. The summed E-state index contributed by atoms with van der Waals surface area (Å²) in [6, 6.07) is 5.47. The summed E-state index contributed by atoms with van der Waals surface area (Å²) in [4.78, 5) is 33.7. The number of aromatic nitrogens is 2. The molecule has 110 valence electrons. The van der Waals surface area contributed by atoms with Crippen molar-refractivity contribution in [3.05, 3.63) is 30.0 Å². The summed E-state index contributed by atoms with van der Waals surface area (Å²) >= 11 is 0. The first-order valence-corrected chi connectivity index (χ1v) is 6.07. The van der Waals surface area contributed by atoms with Gasteiger partial charge in [0.2, 0.25) is 0 Å². The van der Waals surface area contributed by atoms with Crippen LogP contribution in [0.3, 0.4) is 0 Å². The second-order valence-electron chi connectivity index (χ2n) is 4.45. The van der Waals surface area contributed by atoms with Crippen LogP contribution in [0.1, 0.15) is 16.9 Å². The molecule has 1 amide bonds. The third-order valence-corrected chi connectivity index (χ3v) is 2.96. The van der Waals surface area contributed by atoms with Crippen LogP contribution < -0.4 is 5.32 Å². The molecular weight excluding hydrogens is 278 g/mol. The first-order valence-electron chi connectivity index (χ1n) is 6.07. The van der Waals surface area contributed by atoms with Crippen LogP contribution in [0.25, 0.3) is 10.9 Å². The van der Waals surface area contributed by atoms with Crippen molar-refractivity contribution in [2.75, 3.05) is 0 Å². The maximum atomic E-state index is 12.1. The quantitative estimate of drug-likeness (QED) is 0.725. The molecule has 1 heterocycles. The number of carbonyl (C=O) groups is 3. The number of rotatable bonds is 5. The standard InChI is InChI=1S/C13H13N3O5/c1-16-9-5-3-2-4-7(9)11(15-16)12(19)14-8(13(20)21)6-10(17)18/h2-5,8H,6H2,1H3,(H,14,19)(H,17,18)(H,20,21)/t8-/m1/s1. The summed E-state index contributed by atoms with van der Waals surface area (Å²) in [5.41, 5.74) is 0.775. The number of benzene rings is 1. The van der Waals surface area contributed by atoms with Crippen LogP contribution in [-0.2, 0) is 16.6 Å². The number of amides is 1. The van der Waals surface area contributed by atoms with E-state index in [1.807, 2.05) is 0 Å². The van der Waals surface area contributed by atoms with E-state index in [4.69, 9.17) is 10.2 Å². The highest BCUT2D eigenvalue weighted by Crippen LogP contribution is 2.17. The van der Waals surface area contributed by atoms with Crippen molar-refractivity contribution >= 4 is 28.7 Å². The molecule has 8 nitrogen and oxygen atoms in total. The lowest BCUT2D eigenvalue weighted by Gasteiger charge is -2.11. The van der Waals surface area contributed by atoms with Crippen molar-refractivity contribution in [3.8, 4) is 0 Å². The van der Waals surface area contributed by atoms with Gasteiger partial charge in [-0.05, 0) is 6.07 Å². The Bertz CT molecular complexity index is 722. The molecule has 3 N–H and O–H groups in total. The summed E-state index contributed by atoms with van der Waals surface area (Å²) < 4.78 is 1.50. The summed E-state index contributed by atoms with van der Waals surface area (Å²) in [7, 11) is 1.66. The number of carboxylic acids is 2. The highest BCUT2D eigenvalue weighted by atomic mass is 16.4. The van der Waals surface area contributed by atoms with Gasteiger partial charge in [-0.15, -0.1) is 0 Å². The molecule has 0 fully saturated rings. The number of carboxylic acid groups (broad SMARTS) is 2. The molecule has 1 aromatic heterocycles. The fourth-order valence-corrected chi connectivity index (χ4v) is 1.98. The van der Waals surface area contributed by atoms with E-state index < -0.39 is 30.3 Å². The normalized spacial score (nSPS) is 12.0. The summed E-state index contributed by atoms with van der Waals surface area (Å²) in [6.45, 7) is 0. The lowest BCUT2D eigenvalue weighted by atomic mass is 10.1. The van der Waals surface area contributed by atoms with Gasteiger partial charge >= 0.3 is 11.9 Å². The zero-order chi connectivity index (χ0) is 15.6. The van der Waals surface area contributed by atoms with Gasteiger partial charge in [0.25, 0.3) is 5.91 Å². The Morgan fingerprint density at radius 3 is 2.57 bits per heavy atom. The van der Waals surface area contributed by atoms with E-state index >= 15 is 0 Å². The average Bonchev–Trinajstić information content (AvgIpc) is 2.75. The molecule has 0 aliphatic carbocycles. The first kappa shape index (κ1) is 14.5. The number of aryl methyl sites for hydroxylation is 1. The Hall–Kier alpha value is -2.90. The van der Waals surface area contributed by atoms with Crippen LogP contribution >= 0.6 is 0 Å². The lowest BCUT2D eigenvalue weighted by Crippen LogP contribution is -2.42. The Balaban J connectivity index is 2.30. The predicted molar refractivity (Wildman–Crippen MR) is 71.9 cm³/mol. The van der Waals surface area contributed by atoms with Gasteiger partial charge in [-0.2, -0.15) is 5.10 Å². The molecule has 0 aliphatic rings. The molecule has 0 spiro atoms. The van der Waals surface area contributed by atoms with E-state index in [-0.39, 0.29) is 5.69 Å². The molecule has 2 rings (SSSR count). The van der Waals surface area contributed by atoms with Crippen LogP contribution in [0.4, 0.5) is 0 Å². The molecule has 1 atom stereocenters. The highest BCUT2D eigenvalue weighted by Gasteiger charge is 2.25. The summed E-state index contributed by atoms with van der Waals surface area (Å²) in [5, 5.41) is 24.4. The second kappa shape index (κ2) is 5.61. The van der Waals surface area contributed by atoms with Crippen molar-refractivity contribution in [1.82, 2.24) is 15.1 Å². The summed E-state index contributed by atoms with van der Waals surface area (Å²) in [6.07, 6.45) is -0.703. The maximum Gasteiger partial charge on any atom is 0.326 e.